The van der Waals surface area contributed by atoms with E-state index in [0.717, 1.165) is 5.56 Å². The molecule has 0 radical (unpaired) electrons. The van der Waals surface area contributed by atoms with Gasteiger partial charge in [-0.25, -0.2) is 0 Å². The molecule has 2 aromatic heterocycles. The lowest BCUT2D eigenvalue weighted by atomic mass is 10.2. The number of hydrogen-bond donors (Lipinski definition) is 1. The summed E-state index contributed by atoms with van der Waals surface area (Å²) < 4.78 is 0. The Morgan fingerprint density at radius 3 is 2.82 bits per heavy atom. The number of carbonyl (C=O) groups is 1. The summed E-state index contributed by atoms with van der Waals surface area (Å²) in [6.07, 6.45) is 4.27. The smallest absolute Gasteiger partial charge is 0.221 e. The summed E-state index contributed by atoms with van der Waals surface area (Å²) in [5, 5.41) is 11.2. The van der Waals surface area contributed by atoms with Crippen LogP contribution in [0.4, 0.5) is 5.69 Å². The van der Waals surface area contributed by atoms with Gasteiger partial charge in [0.15, 0.2) is 0 Å². The fourth-order valence-electron chi connectivity index (χ4n) is 1.79. The van der Waals surface area contributed by atoms with Gasteiger partial charge in [0.05, 0.1) is 17.5 Å². The molecule has 0 spiro atoms. The number of nitrogens with zero attached hydrogens (tertiary/aromatic N) is 3. The molecular weight excluding hydrogens is 276 g/mol. The van der Waals surface area contributed by atoms with Gasteiger partial charge in [-0.3, -0.25) is 14.8 Å². The van der Waals surface area contributed by atoms with Crippen molar-refractivity contribution in [3.05, 3.63) is 42.2 Å². The molecule has 2 aromatic rings. The number of nitriles is 1. The molecule has 0 aromatic carbocycles. The molecule has 0 saturated carbocycles. The van der Waals surface area contributed by atoms with E-state index >= 15 is 0 Å². The van der Waals surface area contributed by atoms with Crippen molar-refractivity contribution in [2.24, 2.45) is 0 Å². The Morgan fingerprint density at radius 2 is 2.14 bits per heavy atom. The number of unbranched alkanes of at least 4 members (excludes halogenated alkanes) is 1. The Labute approximate surface area is 129 Å². The molecule has 0 fully saturated rings. The first kappa shape index (κ1) is 15.2. The lowest BCUT2D eigenvalue weighted by Gasteiger charge is -2.07. The van der Waals surface area contributed by atoms with Gasteiger partial charge in [0.1, 0.15) is 5.69 Å². The van der Waals surface area contributed by atoms with E-state index in [9.17, 15) is 4.79 Å². The van der Waals surface area contributed by atoms with Gasteiger partial charge < -0.3 is 5.32 Å². The predicted octanol–water partition coefficient (Wildman–Crippen LogP) is 2.76. The Balaban J connectivity index is 2.22. The molecule has 0 atom stereocenters. The van der Waals surface area contributed by atoms with Crippen molar-refractivity contribution in [2.45, 2.75) is 19.8 Å². The number of aromatic nitrogens is 2. The topological polar surface area (TPSA) is 78.7 Å². The number of carbonyl (C=O) groups excluding carboxylic acids is 1. The summed E-state index contributed by atoms with van der Waals surface area (Å²) in [7, 11) is 0. The lowest BCUT2D eigenvalue weighted by Crippen LogP contribution is -2.07. The summed E-state index contributed by atoms with van der Waals surface area (Å²) in [5.41, 5.74) is 2.67. The van der Waals surface area contributed by atoms with Crippen LogP contribution in [0.3, 0.4) is 0 Å². The molecule has 108 valence electrons. The molecule has 2 heterocycles. The number of amides is 1. The quantitative estimate of drug-likeness (QED) is 0.696. The van der Waals surface area contributed by atoms with Crippen LogP contribution in [0.1, 0.15) is 25.3 Å². The van der Waals surface area contributed by atoms with Gasteiger partial charge >= 0.3 is 0 Å². The van der Waals surface area contributed by atoms with Crippen LogP contribution in [-0.4, -0.2) is 15.9 Å². The van der Waals surface area contributed by atoms with E-state index in [1.165, 1.54) is 6.92 Å². The monoisotopic (exact) mass is 290 g/mol. The first-order chi connectivity index (χ1) is 10.7. The predicted molar refractivity (Wildman–Crippen MR) is 83.5 cm³/mol. The molecule has 0 unspecified atom stereocenters. The van der Waals surface area contributed by atoms with Crippen molar-refractivity contribution in [3.63, 3.8) is 0 Å². The van der Waals surface area contributed by atoms with Gasteiger partial charge in [0.2, 0.25) is 5.91 Å². The first-order valence-corrected chi connectivity index (χ1v) is 6.75. The number of nitrogens with one attached hydrogen (secondary N) is 1. The molecule has 2 rings (SSSR count). The highest BCUT2D eigenvalue weighted by Gasteiger charge is 2.08. The third-order valence-electron chi connectivity index (χ3n) is 2.72. The molecule has 5 nitrogen and oxygen atoms in total. The highest BCUT2D eigenvalue weighted by molar-refractivity contribution is 5.92. The molecule has 0 aliphatic rings. The first-order valence-electron chi connectivity index (χ1n) is 6.75. The van der Waals surface area contributed by atoms with Gasteiger partial charge in [0, 0.05) is 37.7 Å². The zero-order valence-corrected chi connectivity index (χ0v) is 12.1. The van der Waals surface area contributed by atoms with Crippen LogP contribution in [0.5, 0.6) is 0 Å². The molecule has 5 heteroatoms. The normalized spacial score (nSPS) is 9.27. The van der Waals surface area contributed by atoms with Crippen molar-refractivity contribution in [2.75, 3.05) is 5.32 Å². The maximum atomic E-state index is 11.2. The SMILES string of the molecule is CC(=O)Nc1cccnc1-c1ccc(C#CCCC#N)cn1. The van der Waals surface area contributed by atoms with E-state index in [-0.39, 0.29) is 5.91 Å². The molecule has 1 N–H and O–H groups in total. The summed E-state index contributed by atoms with van der Waals surface area (Å²) in [6.45, 7) is 1.45. The lowest BCUT2D eigenvalue weighted by molar-refractivity contribution is -0.114. The van der Waals surface area contributed by atoms with E-state index in [1.54, 1.807) is 24.5 Å². The van der Waals surface area contributed by atoms with E-state index in [2.05, 4.69) is 27.1 Å². The second-order valence-corrected chi connectivity index (χ2v) is 4.47. The van der Waals surface area contributed by atoms with Gasteiger partial charge in [-0.1, -0.05) is 11.8 Å². The van der Waals surface area contributed by atoms with Crippen LogP contribution in [0.2, 0.25) is 0 Å². The van der Waals surface area contributed by atoms with Crippen LogP contribution in [-0.2, 0) is 4.79 Å². The molecule has 0 saturated heterocycles. The fourth-order valence-corrected chi connectivity index (χ4v) is 1.79. The van der Waals surface area contributed by atoms with Crippen molar-refractivity contribution in [1.82, 2.24) is 9.97 Å². The zero-order chi connectivity index (χ0) is 15.8. The number of rotatable bonds is 3. The number of pyridine rings is 2. The van der Waals surface area contributed by atoms with E-state index in [1.807, 2.05) is 18.2 Å². The van der Waals surface area contributed by atoms with E-state index < -0.39 is 0 Å². The third-order valence-corrected chi connectivity index (χ3v) is 2.72. The maximum absolute atomic E-state index is 11.2. The van der Waals surface area contributed by atoms with Crippen LogP contribution >= 0.6 is 0 Å². The van der Waals surface area contributed by atoms with E-state index in [0.29, 0.717) is 29.9 Å². The average molecular weight is 290 g/mol. The Bertz CT molecular complexity index is 764. The molecule has 22 heavy (non-hydrogen) atoms. The van der Waals surface area contributed by atoms with Crippen molar-refractivity contribution >= 4 is 11.6 Å². The van der Waals surface area contributed by atoms with Gasteiger partial charge in [-0.15, -0.1) is 0 Å². The summed E-state index contributed by atoms with van der Waals surface area (Å²) in [4.78, 5) is 19.8. The summed E-state index contributed by atoms with van der Waals surface area (Å²) in [5.74, 6) is 5.71. The van der Waals surface area contributed by atoms with Crippen molar-refractivity contribution < 1.29 is 4.79 Å². The Morgan fingerprint density at radius 1 is 1.27 bits per heavy atom. The molecule has 0 aliphatic carbocycles. The van der Waals surface area contributed by atoms with Gasteiger partial charge in [0.25, 0.3) is 0 Å². The molecular formula is C17H14N4O. The molecule has 0 aliphatic heterocycles. The minimum atomic E-state index is -0.158. The highest BCUT2D eigenvalue weighted by Crippen LogP contribution is 2.23. The second kappa shape index (κ2) is 7.56. The third kappa shape index (κ3) is 4.16. The minimum Gasteiger partial charge on any atom is -0.324 e. The number of anilines is 1. The second-order valence-electron chi connectivity index (χ2n) is 4.47. The van der Waals surface area contributed by atoms with E-state index in [4.69, 9.17) is 5.26 Å². The van der Waals surface area contributed by atoms with Crippen molar-refractivity contribution in [1.29, 1.82) is 5.26 Å². The number of hydrogen-bond acceptors (Lipinski definition) is 4. The van der Waals surface area contributed by atoms with Crippen molar-refractivity contribution in [3.8, 4) is 29.3 Å². The minimum absolute atomic E-state index is 0.158. The van der Waals surface area contributed by atoms with Gasteiger partial charge in [-0.2, -0.15) is 5.26 Å². The summed E-state index contributed by atoms with van der Waals surface area (Å²) in [6, 6.07) is 9.23. The highest BCUT2D eigenvalue weighted by atomic mass is 16.1. The molecule has 1 amide bonds. The standard InChI is InChI=1S/C17H14N4O/c1-13(22)21-16-7-5-11-19-17(16)15-9-8-14(12-20-15)6-3-2-4-10-18/h5,7-9,11-12H,2,4H2,1H3,(H,21,22). The van der Waals surface area contributed by atoms with Crippen LogP contribution in [0.15, 0.2) is 36.7 Å². The fraction of sp³-hybridized carbons (Fsp3) is 0.176. The Hall–Kier alpha value is -3.18. The Kier molecular flexibility index (Phi) is 5.23. The molecule has 0 bridgehead atoms. The van der Waals surface area contributed by atoms with Crippen LogP contribution in [0.25, 0.3) is 11.4 Å². The van der Waals surface area contributed by atoms with Crippen LogP contribution in [0, 0.1) is 23.2 Å². The zero-order valence-electron chi connectivity index (χ0n) is 12.1. The summed E-state index contributed by atoms with van der Waals surface area (Å²) >= 11 is 0. The van der Waals surface area contributed by atoms with Gasteiger partial charge in [-0.05, 0) is 24.3 Å². The maximum Gasteiger partial charge on any atom is 0.221 e. The average Bonchev–Trinajstić information content (AvgIpc) is 2.52. The largest absolute Gasteiger partial charge is 0.324 e. The van der Waals surface area contributed by atoms with Crippen LogP contribution < -0.4 is 5.32 Å².